The highest BCUT2D eigenvalue weighted by molar-refractivity contribution is 5.90. The zero-order valence-electron chi connectivity index (χ0n) is 21.1. The first-order valence-corrected chi connectivity index (χ1v) is 13.1. The number of halogens is 3. The van der Waals surface area contributed by atoms with Crippen molar-refractivity contribution < 1.29 is 22.8 Å². The molecule has 1 saturated heterocycles. The van der Waals surface area contributed by atoms with E-state index in [2.05, 4.69) is 22.3 Å². The second-order valence-corrected chi connectivity index (χ2v) is 9.89. The number of hydrogen-bond donors (Lipinski definition) is 1. The third kappa shape index (κ3) is 7.71. The molecule has 0 radical (unpaired) electrons. The summed E-state index contributed by atoms with van der Waals surface area (Å²) in [4.78, 5) is 32.0. The van der Waals surface area contributed by atoms with Gasteiger partial charge in [0.1, 0.15) is 0 Å². The average molecular weight is 517 g/mol. The number of rotatable bonds is 7. The fourth-order valence-electron chi connectivity index (χ4n) is 5.18. The number of urea groups is 1. The van der Waals surface area contributed by atoms with Crippen LogP contribution < -0.4 is 5.32 Å². The standard InChI is InChI=1S/C28H35F3N4O2/c29-28(30,31)23-10-7-11-24(20-23)32-27(37)35(25-12-5-2-6-13-25)15-14-26(36)34-18-16-33(17-19-34)21-22-8-3-1-4-9-22/h1,3-4,7-11,20,25H,2,5-6,12-19,21H2,(H,32,37). The summed E-state index contributed by atoms with van der Waals surface area (Å²) < 4.78 is 39.3. The van der Waals surface area contributed by atoms with Crippen LogP contribution in [0.25, 0.3) is 0 Å². The van der Waals surface area contributed by atoms with Crippen molar-refractivity contribution in [2.45, 2.75) is 57.3 Å². The predicted molar refractivity (Wildman–Crippen MR) is 137 cm³/mol. The summed E-state index contributed by atoms with van der Waals surface area (Å²) >= 11 is 0. The Morgan fingerprint density at radius 3 is 2.30 bits per heavy atom. The van der Waals surface area contributed by atoms with Crippen LogP contribution in [0, 0.1) is 0 Å². The van der Waals surface area contributed by atoms with Crippen molar-refractivity contribution in [3.8, 4) is 0 Å². The number of hydrogen-bond acceptors (Lipinski definition) is 3. The summed E-state index contributed by atoms with van der Waals surface area (Å²) in [5, 5.41) is 2.64. The Bertz CT molecular complexity index is 1030. The van der Waals surface area contributed by atoms with Crippen LogP contribution in [-0.2, 0) is 17.5 Å². The molecule has 3 amide bonds. The van der Waals surface area contributed by atoms with Gasteiger partial charge in [0.05, 0.1) is 5.56 Å². The molecule has 0 atom stereocenters. The van der Waals surface area contributed by atoms with Crippen molar-refractivity contribution in [3.63, 3.8) is 0 Å². The first kappa shape index (κ1) is 27.0. The molecule has 200 valence electrons. The first-order chi connectivity index (χ1) is 17.8. The molecule has 2 aliphatic rings. The molecule has 1 saturated carbocycles. The highest BCUT2D eigenvalue weighted by Crippen LogP contribution is 2.31. The third-order valence-electron chi connectivity index (χ3n) is 7.26. The van der Waals surface area contributed by atoms with Gasteiger partial charge in [0.15, 0.2) is 0 Å². The van der Waals surface area contributed by atoms with E-state index in [0.29, 0.717) is 13.1 Å². The Balaban J connectivity index is 1.33. The molecule has 2 fully saturated rings. The molecule has 1 aliphatic carbocycles. The fourth-order valence-corrected chi connectivity index (χ4v) is 5.18. The summed E-state index contributed by atoms with van der Waals surface area (Å²) in [5.74, 6) is 0.00652. The number of carbonyl (C=O) groups is 2. The van der Waals surface area contributed by atoms with Crippen molar-refractivity contribution in [3.05, 3.63) is 65.7 Å². The van der Waals surface area contributed by atoms with E-state index in [9.17, 15) is 22.8 Å². The second-order valence-electron chi connectivity index (χ2n) is 9.89. The fraction of sp³-hybridized carbons (Fsp3) is 0.500. The molecule has 0 aromatic heterocycles. The first-order valence-electron chi connectivity index (χ1n) is 13.1. The van der Waals surface area contributed by atoms with Gasteiger partial charge in [-0.2, -0.15) is 13.2 Å². The van der Waals surface area contributed by atoms with E-state index in [-0.39, 0.29) is 30.6 Å². The Kier molecular flexibility index (Phi) is 9.08. The van der Waals surface area contributed by atoms with Gasteiger partial charge in [-0.15, -0.1) is 0 Å². The van der Waals surface area contributed by atoms with Crippen LogP contribution in [0.15, 0.2) is 54.6 Å². The van der Waals surface area contributed by atoms with E-state index < -0.39 is 17.8 Å². The smallest absolute Gasteiger partial charge is 0.340 e. The highest BCUT2D eigenvalue weighted by Gasteiger charge is 2.31. The quantitative estimate of drug-likeness (QED) is 0.521. The van der Waals surface area contributed by atoms with Gasteiger partial charge in [0.2, 0.25) is 5.91 Å². The lowest BCUT2D eigenvalue weighted by Crippen LogP contribution is -2.50. The van der Waals surface area contributed by atoms with Crippen LogP contribution >= 0.6 is 0 Å². The lowest BCUT2D eigenvalue weighted by Gasteiger charge is -2.37. The minimum Gasteiger partial charge on any atom is -0.340 e. The molecule has 1 N–H and O–H groups in total. The topological polar surface area (TPSA) is 55.9 Å². The lowest BCUT2D eigenvalue weighted by atomic mass is 9.94. The Hall–Kier alpha value is -3.07. The molecular formula is C28H35F3N4O2. The second kappa shape index (κ2) is 12.4. The maximum Gasteiger partial charge on any atom is 0.416 e. The van der Waals surface area contributed by atoms with Crippen LogP contribution in [0.3, 0.4) is 0 Å². The number of carbonyl (C=O) groups excluding carboxylic acids is 2. The molecule has 1 heterocycles. The largest absolute Gasteiger partial charge is 0.416 e. The number of piperazine rings is 1. The number of nitrogens with zero attached hydrogens (tertiary/aromatic N) is 3. The maximum absolute atomic E-state index is 13.2. The molecule has 2 aromatic rings. The number of anilines is 1. The summed E-state index contributed by atoms with van der Waals surface area (Å²) in [6, 6.07) is 14.4. The van der Waals surface area contributed by atoms with Gasteiger partial charge in [-0.05, 0) is 36.6 Å². The molecule has 1 aliphatic heterocycles. The Morgan fingerprint density at radius 2 is 1.62 bits per heavy atom. The van der Waals surface area contributed by atoms with Gasteiger partial charge >= 0.3 is 12.2 Å². The van der Waals surface area contributed by atoms with E-state index in [4.69, 9.17) is 0 Å². The van der Waals surface area contributed by atoms with E-state index >= 15 is 0 Å². The average Bonchev–Trinajstić information content (AvgIpc) is 2.90. The van der Waals surface area contributed by atoms with Gasteiger partial charge in [-0.3, -0.25) is 9.69 Å². The number of benzene rings is 2. The maximum atomic E-state index is 13.2. The van der Waals surface area contributed by atoms with Crippen LogP contribution in [0.5, 0.6) is 0 Å². The van der Waals surface area contributed by atoms with Crippen molar-refractivity contribution in [2.24, 2.45) is 0 Å². The van der Waals surface area contributed by atoms with Gasteiger partial charge < -0.3 is 15.1 Å². The van der Waals surface area contributed by atoms with E-state index in [1.165, 1.54) is 17.7 Å². The molecule has 4 rings (SSSR count). The molecule has 0 unspecified atom stereocenters. The summed E-state index contributed by atoms with van der Waals surface area (Å²) in [5.41, 5.74) is 0.537. The normalized spacial score (nSPS) is 17.4. The van der Waals surface area contributed by atoms with Crippen LogP contribution in [0.1, 0.15) is 49.7 Å². The minimum absolute atomic E-state index is 0.00652. The van der Waals surface area contributed by atoms with E-state index in [1.54, 1.807) is 4.90 Å². The Morgan fingerprint density at radius 1 is 0.919 bits per heavy atom. The van der Waals surface area contributed by atoms with Gasteiger partial charge in [-0.1, -0.05) is 55.7 Å². The zero-order chi connectivity index (χ0) is 26.3. The highest BCUT2D eigenvalue weighted by atomic mass is 19.4. The van der Waals surface area contributed by atoms with Crippen LogP contribution in [-0.4, -0.2) is 65.4 Å². The van der Waals surface area contributed by atoms with E-state index in [0.717, 1.165) is 63.9 Å². The molecule has 0 bridgehead atoms. The van der Waals surface area contributed by atoms with Crippen molar-refractivity contribution in [2.75, 3.05) is 38.0 Å². The number of nitrogens with one attached hydrogen (secondary N) is 1. The van der Waals surface area contributed by atoms with E-state index in [1.807, 2.05) is 23.1 Å². The summed E-state index contributed by atoms with van der Waals surface area (Å²) in [6.45, 7) is 3.98. The van der Waals surface area contributed by atoms with Gasteiger partial charge in [0.25, 0.3) is 0 Å². The zero-order valence-corrected chi connectivity index (χ0v) is 21.1. The molecule has 6 nitrogen and oxygen atoms in total. The molecule has 9 heteroatoms. The molecule has 37 heavy (non-hydrogen) atoms. The lowest BCUT2D eigenvalue weighted by molar-refractivity contribution is -0.137. The van der Waals surface area contributed by atoms with Crippen molar-refractivity contribution in [1.82, 2.24) is 14.7 Å². The van der Waals surface area contributed by atoms with Crippen LogP contribution in [0.2, 0.25) is 0 Å². The van der Waals surface area contributed by atoms with Gasteiger partial charge in [0, 0.05) is 57.4 Å². The minimum atomic E-state index is -4.48. The SMILES string of the molecule is O=C(CCN(C(=O)Nc1cccc(C(F)(F)F)c1)C1CCCCC1)N1CCN(Cc2ccccc2)CC1. The third-order valence-corrected chi connectivity index (χ3v) is 7.26. The molecule has 0 spiro atoms. The predicted octanol–water partition coefficient (Wildman–Crippen LogP) is 5.61. The van der Waals surface area contributed by atoms with Crippen molar-refractivity contribution in [1.29, 1.82) is 0 Å². The molecule has 2 aromatic carbocycles. The number of amides is 3. The monoisotopic (exact) mass is 516 g/mol. The van der Waals surface area contributed by atoms with Gasteiger partial charge in [-0.25, -0.2) is 4.79 Å². The summed E-state index contributed by atoms with van der Waals surface area (Å²) in [6.07, 6.45) is 0.480. The van der Waals surface area contributed by atoms with Crippen molar-refractivity contribution >= 4 is 17.6 Å². The summed E-state index contributed by atoms with van der Waals surface area (Å²) in [7, 11) is 0. The molecular weight excluding hydrogens is 481 g/mol. The Labute approximate surface area is 216 Å². The number of alkyl halides is 3. The van der Waals surface area contributed by atoms with Crippen LogP contribution in [0.4, 0.5) is 23.7 Å².